The van der Waals surface area contributed by atoms with E-state index in [4.69, 9.17) is 9.47 Å². The summed E-state index contributed by atoms with van der Waals surface area (Å²) in [5, 5.41) is 2.48. The number of nitrogens with one attached hydrogen (secondary N) is 2. The number of pyridine rings is 1. The molecular weight excluding hydrogens is 364 g/mol. The van der Waals surface area contributed by atoms with Crippen molar-refractivity contribution in [3.05, 3.63) is 28.2 Å². The monoisotopic (exact) mass is 380 g/mol. The molecule has 12 nitrogen and oxygen atoms in total. The van der Waals surface area contributed by atoms with Gasteiger partial charge in [0.15, 0.2) is 5.69 Å². The normalized spacial score (nSPS) is 15.7. The molecule has 0 unspecified atom stereocenters. The Hall–Kier alpha value is -3.57. The number of likely N-dealkylation sites (tertiary alicyclic amines) is 1. The van der Waals surface area contributed by atoms with Crippen molar-refractivity contribution in [2.24, 2.45) is 0 Å². The van der Waals surface area contributed by atoms with E-state index in [9.17, 15) is 24.0 Å². The number of fused-ring (bicyclic) bond motifs is 1. The second-order valence-corrected chi connectivity index (χ2v) is 5.51. The first-order chi connectivity index (χ1) is 13.0. The Balaban J connectivity index is 1.48. The van der Waals surface area contributed by atoms with Crippen LogP contribution in [0.15, 0.2) is 17.1 Å². The van der Waals surface area contributed by atoms with E-state index in [1.165, 1.54) is 16.9 Å². The Morgan fingerprint density at radius 1 is 1.11 bits per heavy atom. The number of imide groups is 1. The highest BCUT2D eigenvalue weighted by Crippen LogP contribution is 2.14. The van der Waals surface area contributed by atoms with Crippen molar-refractivity contribution in [2.75, 3.05) is 32.0 Å². The van der Waals surface area contributed by atoms with E-state index < -0.39 is 24.3 Å². The minimum atomic E-state index is -1.11. The molecule has 2 aliphatic rings. The molecule has 0 radical (unpaired) electrons. The predicted octanol–water partition coefficient (Wildman–Crippen LogP) is -1.27. The molecule has 3 heterocycles. The Bertz CT molecular complexity index is 833. The Morgan fingerprint density at radius 3 is 2.59 bits per heavy atom. The third kappa shape index (κ3) is 3.99. The molecule has 1 aromatic rings. The fourth-order valence-corrected chi connectivity index (χ4v) is 2.56. The summed E-state index contributed by atoms with van der Waals surface area (Å²) >= 11 is 0. The van der Waals surface area contributed by atoms with Crippen LogP contribution in [0.25, 0.3) is 0 Å². The van der Waals surface area contributed by atoms with Crippen LogP contribution in [0.2, 0.25) is 0 Å². The first kappa shape index (κ1) is 18.2. The molecule has 0 bridgehead atoms. The topological polar surface area (TPSA) is 145 Å². The molecule has 1 fully saturated rings. The van der Waals surface area contributed by atoms with Gasteiger partial charge in [0.05, 0.1) is 6.54 Å². The van der Waals surface area contributed by atoms with Crippen molar-refractivity contribution in [3.63, 3.8) is 0 Å². The number of hydrogen-bond donors (Lipinski definition) is 2. The van der Waals surface area contributed by atoms with E-state index >= 15 is 0 Å². The van der Waals surface area contributed by atoms with Crippen LogP contribution in [0, 0.1) is 0 Å². The molecule has 0 aliphatic carbocycles. The van der Waals surface area contributed by atoms with Gasteiger partial charge in [-0.05, 0) is 0 Å². The van der Waals surface area contributed by atoms with Crippen LogP contribution in [0.4, 0.5) is 4.79 Å². The zero-order valence-corrected chi connectivity index (χ0v) is 14.1. The van der Waals surface area contributed by atoms with Crippen LogP contribution in [0.5, 0.6) is 5.75 Å². The van der Waals surface area contributed by atoms with Gasteiger partial charge in [-0.3, -0.25) is 28.8 Å². The van der Waals surface area contributed by atoms with Crippen LogP contribution >= 0.6 is 0 Å². The molecule has 0 spiro atoms. The van der Waals surface area contributed by atoms with Gasteiger partial charge in [0.1, 0.15) is 13.3 Å². The van der Waals surface area contributed by atoms with Gasteiger partial charge in [0.2, 0.25) is 29.8 Å². The van der Waals surface area contributed by atoms with Crippen molar-refractivity contribution in [1.29, 1.82) is 0 Å². The average molecular weight is 380 g/mol. The highest BCUT2D eigenvalue weighted by molar-refractivity contribution is 6.01. The smallest absolute Gasteiger partial charge is 0.451 e. The average Bonchev–Trinajstić information content (AvgIpc) is 2.96. The van der Waals surface area contributed by atoms with E-state index in [-0.39, 0.29) is 55.9 Å². The Morgan fingerprint density at radius 2 is 1.85 bits per heavy atom. The molecule has 12 heteroatoms. The van der Waals surface area contributed by atoms with Crippen LogP contribution in [0.1, 0.15) is 23.3 Å². The maximum atomic E-state index is 11.9. The fraction of sp³-hybridized carbons (Fsp3) is 0.400. The molecule has 2 N–H and O–H groups in total. The third-order valence-electron chi connectivity index (χ3n) is 3.84. The van der Waals surface area contributed by atoms with Gasteiger partial charge < -0.3 is 25.0 Å². The lowest BCUT2D eigenvalue weighted by molar-refractivity contribution is -0.139. The van der Waals surface area contributed by atoms with Crippen molar-refractivity contribution in [2.45, 2.75) is 12.8 Å². The third-order valence-corrected chi connectivity index (χ3v) is 3.84. The number of carbonyl (C=O) groups excluding carboxylic acids is 4. The maximum absolute atomic E-state index is 11.9. The number of amides is 3. The fourth-order valence-electron chi connectivity index (χ4n) is 2.56. The minimum Gasteiger partial charge on any atom is -0.451 e. The summed E-state index contributed by atoms with van der Waals surface area (Å²) in [5.74, 6) is -1.45. The number of nitrogens with zero attached hydrogens (tertiary/aromatic N) is 2. The molecule has 144 valence electrons. The lowest BCUT2D eigenvalue weighted by Crippen LogP contribution is -2.43. The van der Waals surface area contributed by atoms with Gasteiger partial charge in [-0.25, -0.2) is 4.79 Å². The number of rotatable bonds is 6. The second-order valence-electron chi connectivity index (χ2n) is 5.51. The van der Waals surface area contributed by atoms with Crippen LogP contribution < -0.4 is 20.9 Å². The van der Waals surface area contributed by atoms with Crippen molar-refractivity contribution >= 4 is 23.9 Å². The molecule has 2 aliphatic heterocycles. The molecule has 0 saturated carbocycles. The Kier molecular flexibility index (Phi) is 5.24. The van der Waals surface area contributed by atoms with E-state index in [1.54, 1.807) is 0 Å². The summed E-state index contributed by atoms with van der Waals surface area (Å²) in [5.41, 5.74) is 2.17. The predicted molar refractivity (Wildman–Crippen MR) is 86.3 cm³/mol. The molecule has 0 atom stereocenters. The summed E-state index contributed by atoms with van der Waals surface area (Å²) < 4.78 is 15.8. The summed E-state index contributed by atoms with van der Waals surface area (Å²) in [6, 6.07) is 1.19. The molecule has 3 amide bonds. The highest BCUT2D eigenvalue weighted by Gasteiger charge is 2.28. The zero-order chi connectivity index (χ0) is 19.4. The minimum absolute atomic E-state index is 0.0585. The first-order valence-electron chi connectivity index (χ1n) is 8.00. The SMILES string of the molecule is O=C(OCCN1C(=O)CCC1=O)OCOc1c2n(ccc1=O)NCNC2=O. The Labute approximate surface area is 151 Å². The van der Waals surface area contributed by atoms with E-state index in [0.29, 0.717) is 0 Å². The van der Waals surface area contributed by atoms with Crippen molar-refractivity contribution in [3.8, 4) is 5.75 Å². The summed E-state index contributed by atoms with van der Waals surface area (Å²) in [6.07, 6.45) is 0.563. The quantitative estimate of drug-likeness (QED) is 0.350. The van der Waals surface area contributed by atoms with Crippen LogP contribution in [-0.4, -0.2) is 60.1 Å². The van der Waals surface area contributed by atoms with Gasteiger partial charge in [0, 0.05) is 25.1 Å². The molecule has 3 rings (SSSR count). The number of aromatic nitrogens is 1. The molecule has 1 aromatic heterocycles. The zero-order valence-electron chi connectivity index (χ0n) is 14.1. The van der Waals surface area contributed by atoms with Crippen molar-refractivity contribution < 1.29 is 33.4 Å². The van der Waals surface area contributed by atoms with Gasteiger partial charge >= 0.3 is 6.16 Å². The van der Waals surface area contributed by atoms with Gasteiger partial charge in [0.25, 0.3) is 5.91 Å². The number of carbonyl (C=O) groups is 4. The highest BCUT2D eigenvalue weighted by atomic mass is 16.8. The lowest BCUT2D eigenvalue weighted by atomic mass is 10.3. The second kappa shape index (κ2) is 7.76. The number of hydrogen-bond acceptors (Lipinski definition) is 9. The summed E-state index contributed by atoms with van der Waals surface area (Å²) in [7, 11) is 0. The lowest BCUT2D eigenvalue weighted by Gasteiger charge is -2.22. The number of ether oxygens (including phenoxy) is 3. The molecule has 27 heavy (non-hydrogen) atoms. The molecule has 0 aromatic carbocycles. The van der Waals surface area contributed by atoms with E-state index in [1.807, 2.05) is 0 Å². The largest absolute Gasteiger partial charge is 0.511 e. The van der Waals surface area contributed by atoms with Gasteiger partial charge in [-0.1, -0.05) is 0 Å². The van der Waals surface area contributed by atoms with Gasteiger partial charge in [-0.2, -0.15) is 0 Å². The van der Waals surface area contributed by atoms with Crippen LogP contribution in [-0.2, 0) is 19.1 Å². The summed E-state index contributed by atoms with van der Waals surface area (Å²) in [4.78, 5) is 59.1. The molecule has 1 saturated heterocycles. The van der Waals surface area contributed by atoms with Gasteiger partial charge in [-0.15, -0.1) is 0 Å². The first-order valence-corrected chi connectivity index (χ1v) is 8.00. The maximum Gasteiger partial charge on any atom is 0.511 e. The standard InChI is InChI=1S/C15H16N4O8/c20-9-3-4-19-12(14(23)16-7-17-19)13(9)26-8-27-15(24)25-6-5-18-10(21)1-2-11(18)22/h3-4,17H,1-2,5-8H2,(H,16,23). The van der Waals surface area contributed by atoms with Crippen molar-refractivity contribution in [1.82, 2.24) is 14.9 Å². The molecular formula is C15H16N4O8. The van der Waals surface area contributed by atoms with E-state index in [2.05, 4.69) is 15.5 Å². The van der Waals surface area contributed by atoms with E-state index in [0.717, 1.165) is 4.90 Å². The van der Waals surface area contributed by atoms with Crippen LogP contribution in [0.3, 0.4) is 0 Å². The summed E-state index contributed by atoms with van der Waals surface area (Å²) in [6.45, 7) is -0.780.